The molecule has 1 amide bonds. The molecule has 1 fully saturated rings. The number of anilines is 1. The van der Waals surface area contributed by atoms with E-state index >= 15 is 0 Å². The Labute approximate surface area is 186 Å². The zero-order valence-electron chi connectivity index (χ0n) is 17.7. The van der Waals surface area contributed by atoms with Crippen molar-refractivity contribution in [1.29, 1.82) is 0 Å². The topological polar surface area (TPSA) is 23.6 Å². The van der Waals surface area contributed by atoms with Crippen LogP contribution in [0, 0.1) is 17.5 Å². The van der Waals surface area contributed by atoms with Gasteiger partial charge in [0, 0.05) is 36.9 Å². The second-order valence-electron chi connectivity index (χ2n) is 8.11. The fourth-order valence-electron chi connectivity index (χ4n) is 4.26. The molecule has 3 aromatic carbocycles. The van der Waals surface area contributed by atoms with E-state index in [0.717, 1.165) is 5.56 Å². The molecule has 0 aromatic heterocycles. The van der Waals surface area contributed by atoms with Crippen LogP contribution in [-0.2, 0) is 17.8 Å². The Balaban J connectivity index is 1.48. The Hall–Kier alpha value is -3.12. The quantitative estimate of drug-likeness (QED) is 0.518. The largest absolute Gasteiger partial charge is 0.309 e. The van der Waals surface area contributed by atoms with Gasteiger partial charge >= 0.3 is 0 Å². The first-order chi connectivity index (χ1) is 15.5. The van der Waals surface area contributed by atoms with Crippen LogP contribution in [0.5, 0.6) is 0 Å². The molecule has 0 bridgehead atoms. The number of halogens is 3. The molecular weight excluding hydrogens is 413 g/mol. The number of carbonyl (C=O) groups excluding carboxylic acids is 1. The normalized spacial score (nSPS) is 15.0. The molecule has 0 saturated carbocycles. The maximum absolute atomic E-state index is 14.0. The molecule has 0 N–H and O–H groups in total. The highest BCUT2D eigenvalue weighted by molar-refractivity contribution is 5.95. The molecule has 166 valence electrons. The van der Waals surface area contributed by atoms with Crippen molar-refractivity contribution in [3.8, 4) is 0 Å². The predicted octanol–water partition coefficient (Wildman–Crippen LogP) is 5.34. The summed E-state index contributed by atoms with van der Waals surface area (Å²) in [6, 6.07) is 19.3. The summed E-state index contributed by atoms with van der Waals surface area (Å²) in [6.45, 7) is 1.41. The lowest BCUT2D eigenvalue weighted by Crippen LogP contribution is -2.48. The first kappa shape index (κ1) is 22.1. The van der Waals surface area contributed by atoms with Gasteiger partial charge in [-0.3, -0.25) is 9.69 Å². The molecule has 0 unspecified atom stereocenters. The molecule has 1 heterocycles. The summed E-state index contributed by atoms with van der Waals surface area (Å²) in [6.07, 6.45) is 1.57. The molecule has 1 saturated heterocycles. The first-order valence-corrected chi connectivity index (χ1v) is 10.8. The summed E-state index contributed by atoms with van der Waals surface area (Å²) in [5, 5.41) is 0. The molecule has 6 heteroatoms. The van der Waals surface area contributed by atoms with E-state index in [1.54, 1.807) is 17.0 Å². The van der Waals surface area contributed by atoms with E-state index in [-0.39, 0.29) is 36.3 Å². The van der Waals surface area contributed by atoms with Crippen LogP contribution in [0.3, 0.4) is 0 Å². The van der Waals surface area contributed by atoms with E-state index in [9.17, 15) is 18.0 Å². The number of amides is 1. The number of rotatable bonds is 6. The van der Waals surface area contributed by atoms with Gasteiger partial charge in [-0.05, 0) is 54.8 Å². The minimum atomic E-state index is -0.543. The molecule has 1 aliphatic heterocycles. The van der Waals surface area contributed by atoms with Crippen molar-refractivity contribution in [2.45, 2.75) is 31.8 Å². The third kappa shape index (κ3) is 5.19. The maximum atomic E-state index is 14.0. The van der Waals surface area contributed by atoms with Gasteiger partial charge in [0.1, 0.15) is 17.5 Å². The molecule has 0 spiro atoms. The Morgan fingerprint density at radius 3 is 2.09 bits per heavy atom. The van der Waals surface area contributed by atoms with Gasteiger partial charge in [-0.2, -0.15) is 0 Å². The maximum Gasteiger partial charge on any atom is 0.231 e. The zero-order valence-corrected chi connectivity index (χ0v) is 17.7. The van der Waals surface area contributed by atoms with Crippen molar-refractivity contribution >= 4 is 11.6 Å². The number of carbonyl (C=O) groups is 1. The van der Waals surface area contributed by atoms with Gasteiger partial charge in [-0.25, -0.2) is 13.2 Å². The zero-order chi connectivity index (χ0) is 22.5. The lowest BCUT2D eigenvalue weighted by atomic mass is 10.00. The van der Waals surface area contributed by atoms with Gasteiger partial charge in [0.25, 0.3) is 0 Å². The first-order valence-electron chi connectivity index (χ1n) is 10.8. The van der Waals surface area contributed by atoms with E-state index in [4.69, 9.17) is 0 Å². The van der Waals surface area contributed by atoms with Gasteiger partial charge in [0.15, 0.2) is 0 Å². The minimum Gasteiger partial charge on any atom is -0.309 e. The second-order valence-corrected chi connectivity index (χ2v) is 8.11. The Kier molecular flexibility index (Phi) is 6.90. The summed E-state index contributed by atoms with van der Waals surface area (Å²) in [4.78, 5) is 17.0. The van der Waals surface area contributed by atoms with Gasteiger partial charge in [0.05, 0.1) is 6.42 Å². The third-order valence-corrected chi connectivity index (χ3v) is 5.94. The van der Waals surface area contributed by atoms with Crippen LogP contribution in [0.1, 0.15) is 24.0 Å². The number of nitrogens with zero attached hydrogens (tertiary/aromatic N) is 2. The highest BCUT2D eigenvalue weighted by Gasteiger charge is 2.30. The summed E-state index contributed by atoms with van der Waals surface area (Å²) >= 11 is 0. The fourth-order valence-corrected chi connectivity index (χ4v) is 4.26. The van der Waals surface area contributed by atoms with E-state index in [1.165, 1.54) is 30.3 Å². The van der Waals surface area contributed by atoms with Crippen LogP contribution in [0.15, 0.2) is 72.8 Å². The molecule has 0 aliphatic carbocycles. The Morgan fingerprint density at radius 1 is 0.844 bits per heavy atom. The number of hydrogen-bond acceptors (Lipinski definition) is 2. The SMILES string of the molecule is O=C(Cc1ccccc1)N(c1ccc(F)cc1)C1CCN(Cc2c(F)cccc2F)CC1. The highest BCUT2D eigenvalue weighted by Crippen LogP contribution is 2.26. The molecule has 1 aliphatic rings. The molecule has 32 heavy (non-hydrogen) atoms. The fraction of sp³-hybridized carbons (Fsp3) is 0.269. The van der Waals surface area contributed by atoms with Crippen molar-refractivity contribution in [3.05, 3.63) is 101 Å². The molecule has 4 rings (SSSR count). The van der Waals surface area contributed by atoms with Crippen LogP contribution in [-0.4, -0.2) is 29.9 Å². The van der Waals surface area contributed by atoms with Crippen molar-refractivity contribution in [2.24, 2.45) is 0 Å². The second kappa shape index (κ2) is 10.0. The Bertz CT molecular complexity index is 1030. The Morgan fingerprint density at radius 2 is 1.47 bits per heavy atom. The van der Waals surface area contributed by atoms with Crippen molar-refractivity contribution in [2.75, 3.05) is 18.0 Å². The highest BCUT2D eigenvalue weighted by atomic mass is 19.1. The average molecular weight is 438 g/mol. The molecule has 0 atom stereocenters. The van der Waals surface area contributed by atoms with E-state index in [0.29, 0.717) is 31.6 Å². The lowest BCUT2D eigenvalue weighted by Gasteiger charge is -2.39. The summed E-state index contributed by atoms with van der Waals surface area (Å²) in [5.41, 5.74) is 1.64. The van der Waals surface area contributed by atoms with Crippen LogP contribution >= 0.6 is 0 Å². The number of benzene rings is 3. The minimum absolute atomic E-state index is 0.0543. The number of likely N-dealkylation sites (tertiary alicyclic amines) is 1. The van der Waals surface area contributed by atoms with Gasteiger partial charge in [-0.1, -0.05) is 36.4 Å². The van der Waals surface area contributed by atoms with Gasteiger partial charge < -0.3 is 4.90 Å². The average Bonchev–Trinajstić information content (AvgIpc) is 2.79. The molecule has 0 radical (unpaired) electrons. The van der Waals surface area contributed by atoms with E-state index < -0.39 is 11.6 Å². The third-order valence-electron chi connectivity index (χ3n) is 5.94. The number of hydrogen-bond donors (Lipinski definition) is 0. The molecule has 3 aromatic rings. The molecule has 3 nitrogen and oxygen atoms in total. The smallest absolute Gasteiger partial charge is 0.231 e. The van der Waals surface area contributed by atoms with Crippen LogP contribution in [0.2, 0.25) is 0 Å². The predicted molar refractivity (Wildman–Crippen MR) is 119 cm³/mol. The van der Waals surface area contributed by atoms with Crippen molar-refractivity contribution < 1.29 is 18.0 Å². The lowest BCUT2D eigenvalue weighted by molar-refractivity contribution is -0.118. The van der Waals surface area contributed by atoms with Crippen LogP contribution in [0.25, 0.3) is 0 Å². The van der Waals surface area contributed by atoms with Crippen LogP contribution < -0.4 is 4.90 Å². The standard InChI is InChI=1S/C26H25F3N2O/c27-20-9-11-21(12-10-20)31(26(32)17-19-5-2-1-3-6-19)22-13-15-30(16-14-22)18-23-24(28)7-4-8-25(23)29/h1-12,22H,13-18H2. The summed E-state index contributed by atoms with van der Waals surface area (Å²) in [7, 11) is 0. The summed E-state index contributed by atoms with van der Waals surface area (Å²) in [5.74, 6) is -1.50. The van der Waals surface area contributed by atoms with Gasteiger partial charge in [0.2, 0.25) is 5.91 Å². The number of piperidine rings is 1. The van der Waals surface area contributed by atoms with Crippen LogP contribution in [0.4, 0.5) is 18.9 Å². The van der Waals surface area contributed by atoms with E-state index in [2.05, 4.69) is 0 Å². The summed E-state index contributed by atoms with van der Waals surface area (Å²) < 4.78 is 41.5. The van der Waals surface area contributed by atoms with Crippen molar-refractivity contribution in [3.63, 3.8) is 0 Å². The monoisotopic (exact) mass is 438 g/mol. The van der Waals surface area contributed by atoms with Gasteiger partial charge in [-0.15, -0.1) is 0 Å². The molecular formula is C26H25F3N2O. The van der Waals surface area contributed by atoms with E-state index in [1.807, 2.05) is 35.2 Å². The van der Waals surface area contributed by atoms with Crippen molar-refractivity contribution in [1.82, 2.24) is 4.90 Å².